The lowest BCUT2D eigenvalue weighted by Gasteiger charge is -2.37. The highest BCUT2D eigenvalue weighted by Gasteiger charge is 2.40. The molecule has 1 spiro atoms. The van der Waals surface area contributed by atoms with Crippen LogP contribution in [0, 0.1) is 13.8 Å². The average molecular weight is 369 g/mol. The minimum Gasteiger partial charge on any atom is -0.492 e. The number of piperidine rings is 1. The summed E-state index contributed by atoms with van der Waals surface area (Å²) in [6, 6.07) is 3.74. The van der Waals surface area contributed by atoms with Crippen LogP contribution in [-0.4, -0.2) is 56.2 Å². The van der Waals surface area contributed by atoms with E-state index in [4.69, 9.17) is 25.8 Å². The van der Waals surface area contributed by atoms with Crippen LogP contribution in [0.25, 0.3) is 0 Å². The maximum Gasteiger partial charge on any atom is 0.317 e. The lowest BCUT2D eigenvalue weighted by Crippen LogP contribution is -2.50. The van der Waals surface area contributed by atoms with Gasteiger partial charge in [0.15, 0.2) is 5.79 Å². The van der Waals surface area contributed by atoms with Gasteiger partial charge < -0.3 is 24.4 Å². The smallest absolute Gasteiger partial charge is 0.317 e. The van der Waals surface area contributed by atoms with Gasteiger partial charge in [-0.2, -0.15) is 0 Å². The molecule has 0 atom stereocenters. The van der Waals surface area contributed by atoms with Crippen molar-refractivity contribution in [2.45, 2.75) is 32.5 Å². The Morgan fingerprint density at radius 1 is 1.24 bits per heavy atom. The predicted molar refractivity (Wildman–Crippen MR) is 95.3 cm³/mol. The molecule has 25 heavy (non-hydrogen) atoms. The molecule has 3 rings (SSSR count). The van der Waals surface area contributed by atoms with E-state index in [2.05, 4.69) is 5.32 Å². The van der Waals surface area contributed by atoms with Crippen LogP contribution in [-0.2, 0) is 9.47 Å². The molecule has 1 aromatic rings. The first kappa shape index (κ1) is 18.3. The van der Waals surface area contributed by atoms with Gasteiger partial charge >= 0.3 is 6.03 Å². The van der Waals surface area contributed by atoms with Gasteiger partial charge in [0.05, 0.1) is 19.8 Å². The van der Waals surface area contributed by atoms with E-state index in [0.717, 1.165) is 34.7 Å². The molecule has 0 saturated carbocycles. The van der Waals surface area contributed by atoms with Crippen LogP contribution in [0.4, 0.5) is 4.79 Å². The Bertz CT molecular complexity index is 598. The van der Waals surface area contributed by atoms with Gasteiger partial charge in [0.25, 0.3) is 0 Å². The normalized spacial score (nSPS) is 19.2. The summed E-state index contributed by atoms with van der Waals surface area (Å²) in [5, 5.41) is 3.66. The van der Waals surface area contributed by atoms with Crippen molar-refractivity contribution in [1.82, 2.24) is 10.2 Å². The summed E-state index contributed by atoms with van der Waals surface area (Å²) in [7, 11) is 0. The summed E-state index contributed by atoms with van der Waals surface area (Å²) in [6.45, 7) is 7.34. The zero-order valence-electron chi connectivity index (χ0n) is 14.8. The standard InChI is InChI=1S/C18H25ClN2O4/c1-13-11-15(12-14(2)16(13)19)23-8-5-20-17(22)21-6-3-18(4-7-21)24-9-10-25-18/h11-12H,3-10H2,1-2H3,(H,20,22). The Balaban J connectivity index is 1.38. The Labute approximate surface area is 153 Å². The van der Waals surface area contributed by atoms with E-state index < -0.39 is 5.79 Å². The number of carbonyl (C=O) groups is 1. The highest BCUT2D eigenvalue weighted by atomic mass is 35.5. The second-order valence-corrected chi connectivity index (χ2v) is 6.92. The SMILES string of the molecule is Cc1cc(OCCNC(=O)N2CCC3(CC2)OCCO3)cc(C)c1Cl. The summed E-state index contributed by atoms with van der Waals surface area (Å²) < 4.78 is 17.1. The summed E-state index contributed by atoms with van der Waals surface area (Å²) >= 11 is 6.15. The molecule has 0 radical (unpaired) electrons. The largest absolute Gasteiger partial charge is 0.492 e. The number of aryl methyl sites for hydroxylation is 2. The fourth-order valence-corrected chi connectivity index (χ4v) is 3.37. The van der Waals surface area contributed by atoms with Gasteiger partial charge in [-0.05, 0) is 37.1 Å². The number of hydrogen-bond acceptors (Lipinski definition) is 4. The van der Waals surface area contributed by atoms with Gasteiger partial charge in [-0.25, -0.2) is 4.79 Å². The number of halogens is 1. The fraction of sp³-hybridized carbons (Fsp3) is 0.611. The Kier molecular flexibility index (Phi) is 5.71. The lowest BCUT2D eigenvalue weighted by molar-refractivity contribution is -0.181. The van der Waals surface area contributed by atoms with E-state index in [9.17, 15) is 4.79 Å². The molecule has 1 N–H and O–H groups in total. The van der Waals surface area contributed by atoms with Gasteiger partial charge in [0.2, 0.25) is 0 Å². The van der Waals surface area contributed by atoms with Crippen LogP contribution in [0.3, 0.4) is 0 Å². The minimum absolute atomic E-state index is 0.0695. The van der Waals surface area contributed by atoms with Crippen molar-refractivity contribution in [2.24, 2.45) is 0 Å². The molecular weight excluding hydrogens is 344 g/mol. The average Bonchev–Trinajstić information content (AvgIpc) is 3.05. The van der Waals surface area contributed by atoms with Gasteiger partial charge in [-0.1, -0.05) is 11.6 Å². The number of urea groups is 1. The van der Waals surface area contributed by atoms with E-state index in [0.29, 0.717) is 39.5 Å². The first-order valence-corrected chi connectivity index (χ1v) is 9.07. The van der Waals surface area contributed by atoms with Crippen molar-refractivity contribution in [1.29, 1.82) is 0 Å². The molecule has 138 valence electrons. The van der Waals surface area contributed by atoms with Crippen LogP contribution in [0.1, 0.15) is 24.0 Å². The molecule has 2 aliphatic rings. The monoisotopic (exact) mass is 368 g/mol. The quantitative estimate of drug-likeness (QED) is 0.830. The van der Waals surface area contributed by atoms with Crippen molar-refractivity contribution >= 4 is 17.6 Å². The molecular formula is C18H25ClN2O4. The molecule has 2 fully saturated rings. The molecule has 0 aliphatic carbocycles. The highest BCUT2D eigenvalue weighted by molar-refractivity contribution is 6.32. The number of benzene rings is 1. The van der Waals surface area contributed by atoms with Gasteiger partial charge in [0, 0.05) is 31.0 Å². The highest BCUT2D eigenvalue weighted by Crippen LogP contribution is 2.31. The van der Waals surface area contributed by atoms with Crippen molar-refractivity contribution < 1.29 is 19.0 Å². The summed E-state index contributed by atoms with van der Waals surface area (Å²) in [4.78, 5) is 14.0. The van der Waals surface area contributed by atoms with Crippen molar-refractivity contribution in [3.05, 3.63) is 28.3 Å². The van der Waals surface area contributed by atoms with Crippen molar-refractivity contribution in [3.8, 4) is 5.75 Å². The third kappa shape index (κ3) is 4.37. The van der Waals surface area contributed by atoms with Gasteiger partial charge in [0.1, 0.15) is 12.4 Å². The van der Waals surface area contributed by atoms with Crippen LogP contribution >= 0.6 is 11.6 Å². The molecule has 1 aromatic carbocycles. The second kappa shape index (κ2) is 7.81. The summed E-state index contributed by atoms with van der Waals surface area (Å²) in [5.41, 5.74) is 1.97. The molecule has 2 aliphatic heterocycles. The number of likely N-dealkylation sites (tertiary alicyclic amines) is 1. The molecule has 6 nitrogen and oxygen atoms in total. The second-order valence-electron chi connectivity index (χ2n) is 6.55. The first-order valence-electron chi connectivity index (χ1n) is 8.69. The molecule has 0 aromatic heterocycles. The van der Waals surface area contributed by atoms with E-state index in [1.807, 2.05) is 26.0 Å². The van der Waals surface area contributed by atoms with Crippen molar-refractivity contribution in [3.63, 3.8) is 0 Å². The summed E-state index contributed by atoms with van der Waals surface area (Å²) in [6.07, 6.45) is 1.44. The fourth-order valence-electron chi connectivity index (χ4n) is 3.26. The molecule has 7 heteroatoms. The van der Waals surface area contributed by atoms with E-state index in [-0.39, 0.29) is 6.03 Å². The van der Waals surface area contributed by atoms with Crippen LogP contribution < -0.4 is 10.1 Å². The van der Waals surface area contributed by atoms with Crippen LogP contribution in [0.15, 0.2) is 12.1 Å². The minimum atomic E-state index is -0.454. The van der Waals surface area contributed by atoms with E-state index >= 15 is 0 Å². The Morgan fingerprint density at radius 2 is 1.84 bits per heavy atom. The third-order valence-electron chi connectivity index (χ3n) is 4.68. The Morgan fingerprint density at radius 3 is 2.44 bits per heavy atom. The van der Waals surface area contributed by atoms with Crippen LogP contribution in [0.5, 0.6) is 5.75 Å². The van der Waals surface area contributed by atoms with Crippen molar-refractivity contribution in [2.75, 3.05) is 39.5 Å². The number of nitrogens with zero attached hydrogens (tertiary/aromatic N) is 1. The molecule has 0 bridgehead atoms. The number of hydrogen-bond donors (Lipinski definition) is 1. The van der Waals surface area contributed by atoms with Gasteiger partial charge in [-0.15, -0.1) is 0 Å². The number of ether oxygens (including phenoxy) is 3. The maximum absolute atomic E-state index is 12.2. The van der Waals surface area contributed by atoms with E-state index in [1.165, 1.54) is 0 Å². The molecule has 0 unspecified atom stereocenters. The first-order chi connectivity index (χ1) is 12.0. The lowest BCUT2D eigenvalue weighted by atomic mass is 10.0. The zero-order chi connectivity index (χ0) is 17.9. The van der Waals surface area contributed by atoms with Crippen LogP contribution in [0.2, 0.25) is 5.02 Å². The number of nitrogens with one attached hydrogen (secondary N) is 1. The molecule has 2 heterocycles. The zero-order valence-corrected chi connectivity index (χ0v) is 15.5. The predicted octanol–water partition coefficient (Wildman–Crippen LogP) is 2.88. The van der Waals surface area contributed by atoms with Gasteiger partial charge in [-0.3, -0.25) is 0 Å². The number of rotatable bonds is 4. The third-order valence-corrected chi connectivity index (χ3v) is 5.28. The molecule has 2 saturated heterocycles. The summed E-state index contributed by atoms with van der Waals surface area (Å²) in [5.74, 6) is 0.314. The number of amides is 2. The number of carbonyl (C=O) groups excluding carboxylic acids is 1. The maximum atomic E-state index is 12.2. The topological polar surface area (TPSA) is 60.0 Å². The van der Waals surface area contributed by atoms with E-state index in [1.54, 1.807) is 4.90 Å². The Hall–Kier alpha value is -1.50. The molecule has 2 amide bonds.